The van der Waals surface area contributed by atoms with E-state index in [4.69, 9.17) is 5.11 Å². The van der Waals surface area contributed by atoms with Gasteiger partial charge >= 0.3 is 5.97 Å². The molecular formula is C11H13F2NO2. The molecule has 0 aromatic heterocycles. The second-order valence-corrected chi connectivity index (χ2v) is 3.66. The van der Waals surface area contributed by atoms with Crippen LogP contribution in [0.4, 0.5) is 8.78 Å². The van der Waals surface area contributed by atoms with Gasteiger partial charge in [0.25, 0.3) is 0 Å². The minimum Gasteiger partial charge on any atom is -0.480 e. The molecule has 0 bridgehead atoms. The molecule has 16 heavy (non-hydrogen) atoms. The molecule has 1 atom stereocenters. The molecule has 0 aliphatic heterocycles. The molecule has 0 aliphatic carbocycles. The van der Waals surface area contributed by atoms with Crippen LogP contribution in [0.5, 0.6) is 0 Å². The Hall–Kier alpha value is -1.49. The van der Waals surface area contributed by atoms with Crippen LogP contribution in [0.2, 0.25) is 0 Å². The lowest BCUT2D eigenvalue weighted by atomic mass is 10.1. The van der Waals surface area contributed by atoms with Crippen LogP contribution in [-0.4, -0.2) is 29.6 Å². The summed E-state index contributed by atoms with van der Waals surface area (Å²) < 4.78 is 25.6. The van der Waals surface area contributed by atoms with E-state index in [0.29, 0.717) is 5.56 Å². The molecule has 1 unspecified atom stereocenters. The van der Waals surface area contributed by atoms with E-state index in [0.717, 1.165) is 12.1 Å². The summed E-state index contributed by atoms with van der Waals surface area (Å²) in [6, 6.07) is 3.28. The quantitative estimate of drug-likeness (QED) is 0.858. The number of nitrogens with zero attached hydrogens (tertiary/aromatic N) is 1. The molecule has 3 nitrogen and oxygen atoms in total. The first-order valence-corrected chi connectivity index (χ1v) is 4.78. The maximum absolute atomic E-state index is 13.0. The molecule has 1 aromatic rings. The van der Waals surface area contributed by atoms with Crippen molar-refractivity contribution in [2.24, 2.45) is 0 Å². The van der Waals surface area contributed by atoms with Gasteiger partial charge < -0.3 is 5.11 Å². The summed E-state index contributed by atoms with van der Waals surface area (Å²) in [7, 11) is 1.61. The average molecular weight is 229 g/mol. The van der Waals surface area contributed by atoms with Gasteiger partial charge in [0.05, 0.1) is 6.54 Å². The van der Waals surface area contributed by atoms with Crippen molar-refractivity contribution in [2.75, 3.05) is 13.6 Å². The summed E-state index contributed by atoms with van der Waals surface area (Å²) >= 11 is 0. The van der Waals surface area contributed by atoms with Crippen LogP contribution in [0.1, 0.15) is 18.5 Å². The number of halogens is 2. The first-order valence-electron chi connectivity index (χ1n) is 4.78. The summed E-state index contributed by atoms with van der Waals surface area (Å²) in [5, 5.41) is 8.60. The highest BCUT2D eigenvalue weighted by Crippen LogP contribution is 2.20. The summed E-state index contributed by atoms with van der Waals surface area (Å²) in [5.74, 6) is -2.79. The van der Waals surface area contributed by atoms with E-state index >= 15 is 0 Å². The Labute approximate surface area is 92.3 Å². The minimum atomic E-state index is -0.961. The fourth-order valence-corrected chi connectivity index (χ4v) is 1.38. The molecule has 0 heterocycles. The fourth-order valence-electron chi connectivity index (χ4n) is 1.38. The summed E-state index contributed by atoms with van der Waals surface area (Å²) in [5.41, 5.74) is 0.544. The van der Waals surface area contributed by atoms with Gasteiger partial charge in [-0.25, -0.2) is 8.78 Å². The third-order valence-corrected chi connectivity index (χ3v) is 2.47. The molecule has 0 spiro atoms. The second kappa shape index (κ2) is 5.03. The van der Waals surface area contributed by atoms with Crippen molar-refractivity contribution in [3.8, 4) is 0 Å². The normalized spacial score (nSPS) is 12.8. The molecule has 0 aliphatic rings. The molecule has 1 N–H and O–H groups in total. The Kier molecular flexibility index (Phi) is 3.95. The van der Waals surface area contributed by atoms with Crippen molar-refractivity contribution in [1.82, 2.24) is 4.90 Å². The third-order valence-electron chi connectivity index (χ3n) is 2.47. The van der Waals surface area contributed by atoms with Gasteiger partial charge in [-0.15, -0.1) is 0 Å². The number of hydrogen-bond donors (Lipinski definition) is 1. The average Bonchev–Trinajstić information content (AvgIpc) is 2.20. The van der Waals surface area contributed by atoms with Gasteiger partial charge in [0, 0.05) is 6.04 Å². The lowest BCUT2D eigenvalue weighted by molar-refractivity contribution is -0.138. The lowest BCUT2D eigenvalue weighted by Gasteiger charge is -2.23. The molecule has 1 aromatic carbocycles. The van der Waals surface area contributed by atoms with E-state index in [9.17, 15) is 13.6 Å². The van der Waals surface area contributed by atoms with E-state index in [1.165, 1.54) is 11.0 Å². The zero-order valence-electron chi connectivity index (χ0n) is 9.08. The van der Waals surface area contributed by atoms with Crippen LogP contribution in [0.3, 0.4) is 0 Å². The SMILES string of the molecule is CC(c1ccc(F)c(F)c1)N(C)CC(=O)O. The highest BCUT2D eigenvalue weighted by Gasteiger charge is 2.15. The number of benzene rings is 1. The van der Waals surface area contributed by atoms with Crippen LogP contribution in [-0.2, 0) is 4.79 Å². The largest absolute Gasteiger partial charge is 0.480 e. The van der Waals surface area contributed by atoms with Gasteiger partial charge in [0.15, 0.2) is 11.6 Å². The van der Waals surface area contributed by atoms with Gasteiger partial charge in [0.1, 0.15) is 0 Å². The van der Waals surface area contributed by atoms with E-state index in [1.54, 1.807) is 14.0 Å². The van der Waals surface area contributed by atoms with Gasteiger partial charge in [-0.05, 0) is 31.7 Å². The van der Waals surface area contributed by atoms with Gasteiger partial charge in [-0.1, -0.05) is 6.07 Å². The Morgan fingerprint density at radius 3 is 2.56 bits per heavy atom. The first kappa shape index (κ1) is 12.6. The van der Waals surface area contributed by atoms with Crippen LogP contribution < -0.4 is 0 Å². The molecule has 0 saturated heterocycles. The van der Waals surface area contributed by atoms with Gasteiger partial charge in [-0.3, -0.25) is 9.69 Å². The smallest absolute Gasteiger partial charge is 0.317 e. The predicted octanol–water partition coefficient (Wildman–Crippen LogP) is 2.04. The van der Waals surface area contributed by atoms with Crippen LogP contribution in [0.25, 0.3) is 0 Å². The third kappa shape index (κ3) is 3.00. The first-order chi connectivity index (χ1) is 7.41. The number of likely N-dealkylation sites (N-methyl/N-ethyl adjacent to an activating group) is 1. The van der Waals surface area contributed by atoms with Crippen molar-refractivity contribution < 1.29 is 18.7 Å². The van der Waals surface area contributed by atoms with Gasteiger partial charge in [0.2, 0.25) is 0 Å². The molecule has 0 saturated carbocycles. The van der Waals surface area contributed by atoms with E-state index in [1.807, 2.05) is 0 Å². The molecular weight excluding hydrogens is 216 g/mol. The molecule has 0 amide bonds. The Morgan fingerprint density at radius 1 is 1.44 bits per heavy atom. The fraction of sp³-hybridized carbons (Fsp3) is 0.364. The monoisotopic (exact) mass is 229 g/mol. The van der Waals surface area contributed by atoms with Crippen molar-refractivity contribution in [3.63, 3.8) is 0 Å². The minimum absolute atomic E-state index is 0.153. The maximum Gasteiger partial charge on any atom is 0.317 e. The van der Waals surface area contributed by atoms with Crippen molar-refractivity contribution >= 4 is 5.97 Å². The van der Waals surface area contributed by atoms with Crippen LogP contribution in [0.15, 0.2) is 18.2 Å². The van der Waals surface area contributed by atoms with E-state index in [-0.39, 0.29) is 12.6 Å². The second-order valence-electron chi connectivity index (χ2n) is 3.66. The number of carbonyl (C=O) groups is 1. The van der Waals surface area contributed by atoms with Crippen molar-refractivity contribution in [3.05, 3.63) is 35.4 Å². The Balaban J connectivity index is 2.83. The number of hydrogen-bond acceptors (Lipinski definition) is 2. The molecule has 1 rings (SSSR count). The van der Waals surface area contributed by atoms with Crippen molar-refractivity contribution in [2.45, 2.75) is 13.0 Å². The molecule has 0 radical (unpaired) electrons. The summed E-state index contributed by atoms with van der Waals surface area (Å²) in [6.07, 6.45) is 0. The molecule has 0 fully saturated rings. The van der Waals surface area contributed by atoms with Gasteiger partial charge in [-0.2, -0.15) is 0 Å². The number of aliphatic carboxylic acids is 1. The summed E-state index contributed by atoms with van der Waals surface area (Å²) in [6.45, 7) is 1.58. The number of carboxylic acids is 1. The number of carboxylic acid groups (broad SMARTS) is 1. The van der Waals surface area contributed by atoms with E-state index < -0.39 is 17.6 Å². The van der Waals surface area contributed by atoms with E-state index in [2.05, 4.69) is 0 Å². The Bertz CT molecular complexity index is 396. The lowest BCUT2D eigenvalue weighted by Crippen LogP contribution is -2.28. The molecule has 5 heteroatoms. The number of rotatable bonds is 4. The van der Waals surface area contributed by atoms with Crippen LogP contribution >= 0.6 is 0 Å². The zero-order chi connectivity index (χ0) is 12.3. The standard InChI is InChI=1S/C11H13F2NO2/c1-7(14(2)6-11(15)16)8-3-4-9(12)10(13)5-8/h3-5,7H,6H2,1-2H3,(H,15,16). The molecule has 88 valence electrons. The highest BCUT2D eigenvalue weighted by molar-refractivity contribution is 5.69. The summed E-state index contributed by atoms with van der Waals surface area (Å²) in [4.78, 5) is 12.0. The Morgan fingerprint density at radius 2 is 2.06 bits per heavy atom. The van der Waals surface area contributed by atoms with Crippen LogP contribution in [0, 0.1) is 11.6 Å². The topological polar surface area (TPSA) is 40.5 Å². The zero-order valence-corrected chi connectivity index (χ0v) is 9.08. The highest BCUT2D eigenvalue weighted by atomic mass is 19.2. The predicted molar refractivity (Wildman–Crippen MR) is 55.0 cm³/mol. The maximum atomic E-state index is 13.0. The van der Waals surface area contributed by atoms with Crippen molar-refractivity contribution in [1.29, 1.82) is 0 Å².